The molecule has 0 heterocycles. The number of anilines is 1. The molecule has 0 radical (unpaired) electrons. The summed E-state index contributed by atoms with van der Waals surface area (Å²) in [5.74, 6) is 5.91. The third-order valence-electron chi connectivity index (χ3n) is 2.24. The summed E-state index contributed by atoms with van der Waals surface area (Å²) in [6, 6.07) is 5.52. The molecule has 0 spiro atoms. The van der Waals surface area contributed by atoms with E-state index in [0.29, 0.717) is 24.1 Å². The Morgan fingerprint density at radius 1 is 1.53 bits per heavy atom. The zero-order valence-corrected chi connectivity index (χ0v) is 13.1. The van der Waals surface area contributed by atoms with Gasteiger partial charge in [-0.1, -0.05) is 11.6 Å². The molecule has 0 aliphatic heterocycles. The van der Waals surface area contributed by atoms with Crippen LogP contribution >= 0.6 is 27.5 Å². The van der Waals surface area contributed by atoms with Gasteiger partial charge in [-0.25, -0.2) is 5.84 Å². The molecule has 0 unspecified atom stereocenters. The summed E-state index contributed by atoms with van der Waals surface area (Å²) >= 11 is 9.34. The van der Waals surface area contributed by atoms with Gasteiger partial charge in [0.15, 0.2) is 0 Å². The van der Waals surface area contributed by atoms with E-state index in [2.05, 4.69) is 31.7 Å². The predicted octanol–water partition coefficient (Wildman–Crippen LogP) is 2.76. The van der Waals surface area contributed by atoms with Gasteiger partial charge in [-0.15, -0.1) is 0 Å². The molecule has 7 heteroatoms. The van der Waals surface area contributed by atoms with Gasteiger partial charge >= 0.3 is 0 Å². The maximum Gasteiger partial charge on any atom is 0.210 e. The van der Waals surface area contributed by atoms with Crippen molar-refractivity contribution in [2.75, 3.05) is 25.1 Å². The highest BCUT2D eigenvalue weighted by Gasteiger charge is 2.01. The maximum absolute atomic E-state index is 6.01. The number of guanidine groups is 1. The van der Waals surface area contributed by atoms with E-state index >= 15 is 0 Å². The molecule has 0 aliphatic rings. The summed E-state index contributed by atoms with van der Waals surface area (Å²) in [6.45, 7) is 4.02. The van der Waals surface area contributed by atoms with E-state index in [0.717, 1.165) is 23.2 Å². The lowest BCUT2D eigenvalue weighted by molar-refractivity contribution is 0.146. The minimum atomic E-state index is 0.495. The molecule has 0 aliphatic carbocycles. The second-order valence-corrected chi connectivity index (χ2v) is 4.94. The summed E-state index contributed by atoms with van der Waals surface area (Å²) in [7, 11) is 0. The number of hydrazine groups is 1. The minimum Gasteiger partial charge on any atom is -0.382 e. The summed E-state index contributed by atoms with van der Waals surface area (Å²) in [5.41, 5.74) is 3.33. The van der Waals surface area contributed by atoms with E-state index in [1.165, 1.54) is 0 Å². The summed E-state index contributed by atoms with van der Waals surface area (Å²) in [4.78, 5) is 4.30. The molecule has 0 aromatic heterocycles. The second kappa shape index (κ2) is 9.14. The lowest BCUT2D eigenvalue weighted by Gasteiger charge is -2.10. The van der Waals surface area contributed by atoms with Gasteiger partial charge in [0.2, 0.25) is 5.96 Å². The number of hydrogen-bond donors (Lipinski definition) is 3. The molecular formula is C12H18BrClN4O. The Morgan fingerprint density at radius 3 is 2.95 bits per heavy atom. The number of benzene rings is 1. The van der Waals surface area contributed by atoms with Crippen LogP contribution in [0.4, 0.5) is 5.69 Å². The third kappa shape index (κ3) is 6.24. The van der Waals surface area contributed by atoms with Crippen molar-refractivity contribution in [3.63, 3.8) is 0 Å². The smallest absolute Gasteiger partial charge is 0.210 e. The molecule has 0 fully saturated rings. The van der Waals surface area contributed by atoms with E-state index in [1.807, 2.05) is 19.1 Å². The Kier molecular flexibility index (Phi) is 7.81. The van der Waals surface area contributed by atoms with Crippen molar-refractivity contribution < 1.29 is 4.74 Å². The zero-order valence-electron chi connectivity index (χ0n) is 10.7. The van der Waals surface area contributed by atoms with Crippen LogP contribution in [0.15, 0.2) is 27.7 Å². The van der Waals surface area contributed by atoms with Gasteiger partial charge in [-0.2, -0.15) is 0 Å². The highest BCUT2D eigenvalue weighted by molar-refractivity contribution is 9.10. The van der Waals surface area contributed by atoms with Crippen LogP contribution < -0.4 is 16.6 Å². The Balaban J connectivity index is 2.50. The van der Waals surface area contributed by atoms with Crippen LogP contribution in [0.5, 0.6) is 0 Å². The summed E-state index contributed by atoms with van der Waals surface area (Å²) in [6.07, 6.45) is 0.849. The number of rotatable bonds is 6. The fourth-order valence-electron chi connectivity index (χ4n) is 1.33. The Labute approximate surface area is 126 Å². The number of nitrogens with zero attached hydrogens (tertiary/aromatic N) is 1. The number of aliphatic imine (C=N–C) groups is 1. The molecule has 1 rings (SSSR count). The third-order valence-corrected chi connectivity index (χ3v) is 3.47. The fraction of sp³-hybridized carbons (Fsp3) is 0.417. The summed E-state index contributed by atoms with van der Waals surface area (Å²) < 4.78 is 6.08. The standard InChI is InChI=1S/C12H18BrClN4O/c1-2-19-7-3-6-16-12(18-15)17-9-4-5-10(13)11(14)8-9/h4-5,8H,2-3,6-7,15H2,1H3,(H2,16,17,18). The zero-order chi connectivity index (χ0) is 14.1. The fourth-order valence-corrected chi connectivity index (χ4v) is 1.76. The van der Waals surface area contributed by atoms with Crippen molar-refractivity contribution in [3.05, 3.63) is 27.7 Å². The van der Waals surface area contributed by atoms with Gasteiger partial charge in [0.05, 0.1) is 5.02 Å². The van der Waals surface area contributed by atoms with Gasteiger partial charge in [0.25, 0.3) is 0 Å². The Hall–Kier alpha value is -0.820. The number of hydrogen-bond acceptors (Lipinski definition) is 3. The first kappa shape index (κ1) is 16.2. The lowest BCUT2D eigenvalue weighted by Crippen LogP contribution is -2.36. The van der Waals surface area contributed by atoms with Crippen LogP contribution in [-0.2, 0) is 4.74 Å². The molecule has 0 atom stereocenters. The average Bonchev–Trinajstić information content (AvgIpc) is 2.41. The number of nitrogens with two attached hydrogens (primary N) is 1. The molecule has 5 nitrogen and oxygen atoms in total. The average molecular weight is 350 g/mol. The predicted molar refractivity (Wildman–Crippen MR) is 83.5 cm³/mol. The van der Waals surface area contributed by atoms with E-state index in [9.17, 15) is 0 Å². The maximum atomic E-state index is 6.01. The number of ether oxygens (including phenoxy) is 1. The van der Waals surface area contributed by atoms with Crippen LogP contribution in [0.25, 0.3) is 0 Å². The largest absolute Gasteiger partial charge is 0.382 e. The quantitative estimate of drug-likeness (QED) is 0.243. The van der Waals surface area contributed by atoms with Crippen LogP contribution in [0.1, 0.15) is 13.3 Å². The van der Waals surface area contributed by atoms with Gasteiger partial charge in [-0.3, -0.25) is 10.4 Å². The normalized spacial score (nSPS) is 11.5. The van der Waals surface area contributed by atoms with Crippen LogP contribution in [0, 0.1) is 0 Å². The molecule has 0 saturated heterocycles. The Morgan fingerprint density at radius 2 is 2.32 bits per heavy atom. The first-order valence-electron chi connectivity index (χ1n) is 5.98. The number of nitrogens with one attached hydrogen (secondary N) is 2. The molecule has 1 aromatic carbocycles. The highest BCUT2D eigenvalue weighted by atomic mass is 79.9. The topological polar surface area (TPSA) is 71.7 Å². The van der Waals surface area contributed by atoms with E-state index in [-0.39, 0.29) is 0 Å². The van der Waals surface area contributed by atoms with Crippen LogP contribution in [0.2, 0.25) is 5.02 Å². The molecule has 106 valence electrons. The summed E-state index contributed by atoms with van der Waals surface area (Å²) in [5, 5.41) is 3.68. The number of halogens is 2. The van der Waals surface area contributed by atoms with Gasteiger partial charge in [0, 0.05) is 29.9 Å². The van der Waals surface area contributed by atoms with Crippen molar-refractivity contribution in [3.8, 4) is 0 Å². The second-order valence-electron chi connectivity index (χ2n) is 3.68. The lowest BCUT2D eigenvalue weighted by atomic mass is 10.3. The van der Waals surface area contributed by atoms with Gasteiger partial charge in [0.1, 0.15) is 0 Å². The molecule has 19 heavy (non-hydrogen) atoms. The Bertz CT molecular complexity index is 428. The first-order valence-corrected chi connectivity index (χ1v) is 7.15. The van der Waals surface area contributed by atoms with Crippen LogP contribution in [-0.4, -0.2) is 25.7 Å². The molecular weight excluding hydrogens is 332 g/mol. The minimum absolute atomic E-state index is 0.495. The molecule has 0 bridgehead atoms. The first-order chi connectivity index (χ1) is 9.17. The van der Waals surface area contributed by atoms with Crippen molar-refractivity contribution in [2.45, 2.75) is 13.3 Å². The molecule has 0 amide bonds. The molecule has 0 saturated carbocycles. The van der Waals surface area contributed by atoms with Gasteiger partial charge in [-0.05, 0) is 47.5 Å². The monoisotopic (exact) mass is 348 g/mol. The van der Waals surface area contributed by atoms with Crippen molar-refractivity contribution in [1.29, 1.82) is 0 Å². The molecule has 1 aromatic rings. The highest BCUT2D eigenvalue weighted by Crippen LogP contribution is 2.25. The van der Waals surface area contributed by atoms with Crippen molar-refractivity contribution >= 4 is 39.2 Å². The SMILES string of the molecule is CCOCCCN=C(NN)Nc1ccc(Br)c(Cl)c1. The van der Waals surface area contributed by atoms with Crippen molar-refractivity contribution in [1.82, 2.24) is 5.43 Å². The van der Waals surface area contributed by atoms with Gasteiger partial charge < -0.3 is 10.1 Å². The van der Waals surface area contributed by atoms with E-state index < -0.39 is 0 Å². The molecule has 4 N–H and O–H groups in total. The van der Waals surface area contributed by atoms with E-state index in [4.69, 9.17) is 22.2 Å². The van der Waals surface area contributed by atoms with Crippen molar-refractivity contribution in [2.24, 2.45) is 10.8 Å². The van der Waals surface area contributed by atoms with Crippen LogP contribution in [0.3, 0.4) is 0 Å². The van der Waals surface area contributed by atoms with E-state index in [1.54, 1.807) is 6.07 Å².